The van der Waals surface area contributed by atoms with Gasteiger partial charge in [0.15, 0.2) is 5.60 Å². The van der Waals surface area contributed by atoms with E-state index in [-0.39, 0.29) is 35.3 Å². The van der Waals surface area contributed by atoms with Crippen molar-refractivity contribution >= 4 is 11.7 Å². The molecule has 7 heteroatoms. The van der Waals surface area contributed by atoms with Crippen molar-refractivity contribution in [3.63, 3.8) is 0 Å². The summed E-state index contributed by atoms with van der Waals surface area (Å²) in [5, 5.41) is 20.1. The van der Waals surface area contributed by atoms with E-state index >= 15 is 0 Å². The molecule has 0 spiro atoms. The third-order valence-electron chi connectivity index (χ3n) is 6.16. The van der Waals surface area contributed by atoms with Gasteiger partial charge in [-0.3, -0.25) is 9.79 Å². The lowest BCUT2D eigenvalue weighted by atomic mass is 9.79. The van der Waals surface area contributed by atoms with Crippen molar-refractivity contribution in [2.45, 2.75) is 59.5 Å². The number of carbonyl (C=O) groups is 1. The average molecular weight is 431 g/mol. The maximum absolute atomic E-state index is 14.5. The van der Waals surface area contributed by atoms with Crippen LogP contribution in [0.15, 0.2) is 57.2 Å². The fourth-order valence-corrected chi connectivity index (χ4v) is 3.94. The molecule has 1 aliphatic carbocycles. The Morgan fingerprint density at radius 1 is 1.32 bits per heavy atom. The highest BCUT2D eigenvalue weighted by Crippen LogP contribution is 2.38. The van der Waals surface area contributed by atoms with Crippen molar-refractivity contribution in [2.24, 2.45) is 16.8 Å². The number of hydrogen-bond donors (Lipinski definition) is 3. The number of aromatic nitrogens is 1. The fraction of sp³-hybridized carbons (Fsp3) is 0.458. The number of nitrogens with one attached hydrogen (secondary N) is 1. The lowest BCUT2D eigenvalue weighted by Crippen LogP contribution is -2.36. The zero-order chi connectivity index (χ0) is 23.5. The number of pyridine rings is 1. The Hall–Kier alpha value is -2.80. The Kier molecular flexibility index (Phi) is 7.54. The van der Waals surface area contributed by atoms with Crippen molar-refractivity contribution in [3.05, 3.63) is 69.1 Å². The van der Waals surface area contributed by atoms with Gasteiger partial charge in [-0.25, -0.2) is 9.18 Å². The van der Waals surface area contributed by atoms with Gasteiger partial charge in [0.05, 0.1) is 11.4 Å². The maximum Gasteiger partial charge on any atom is 0.340 e. The summed E-state index contributed by atoms with van der Waals surface area (Å²) in [4.78, 5) is 31.3. The minimum atomic E-state index is -2.21. The monoisotopic (exact) mass is 430 g/mol. The lowest BCUT2D eigenvalue weighted by molar-refractivity contribution is -0.160. The van der Waals surface area contributed by atoms with Crippen molar-refractivity contribution in [3.8, 4) is 0 Å². The molecule has 0 saturated carbocycles. The van der Waals surface area contributed by atoms with Gasteiger partial charge in [-0.15, -0.1) is 0 Å². The Bertz CT molecular complexity index is 1030. The first-order chi connectivity index (χ1) is 14.5. The van der Waals surface area contributed by atoms with Gasteiger partial charge in [-0.05, 0) is 55.4 Å². The number of carboxylic acids is 1. The van der Waals surface area contributed by atoms with Crippen LogP contribution in [0.4, 0.5) is 4.39 Å². The van der Waals surface area contributed by atoms with Gasteiger partial charge in [0, 0.05) is 23.2 Å². The largest absolute Gasteiger partial charge is 0.479 e. The number of nitrogens with zero attached hydrogens (tertiary/aromatic N) is 1. The summed E-state index contributed by atoms with van der Waals surface area (Å²) >= 11 is 0. The Balaban J connectivity index is 2.72. The van der Waals surface area contributed by atoms with Gasteiger partial charge in [0.1, 0.15) is 5.83 Å². The summed E-state index contributed by atoms with van der Waals surface area (Å²) < 4.78 is 14.5. The summed E-state index contributed by atoms with van der Waals surface area (Å²) in [5.74, 6) is -1.82. The van der Waals surface area contributed by atoms with E-state index in [1.165, 1.54) is 19.1 Å². The zero-order valence-corrected chi connectivity index (χ0v) is 18.8. The van der Waals surface area contributed by atoms with Crippen LogP contribution in [0.2, 0.25) is 0 Å². The number of rotatable bonds is 8. The van der Waals surface area contributed by atoms with Crippen LogP contribution in [-0.2, 0) is 10.4 Å². The van der Waals surface area contributed by atoms with Gasteiger partial charge < -0.3 is 15.2 Å². The molecule has 1 aromatic heterocycles. The quantitative estimate of drug-likeness (QED) is 0.524. The average Bonchev–Trinajstić information content (AvgIpc) is 2.73. The van der Waals surface area contributed by atoms with E-state index in [1.54, 1.807) is 6.92 Å². The number of aliphatic hydroxyl groups is 1. The van der Waals surface area contributed by atoms with Crippen LogP contribution in [0.3, 0.4) is 0 Å². The number of aromatic amines is 1. The Labute approximate surface area is 181 Å². The second kappa shape index (κ2) is 9.56. The summed E-state index contributed by atoms with van der Waals surface area (Å²) in [7, 11) is 0. The van der Waals surface area contributed by atoms with Crippen molar-refractivity contribution in [2.75, 3.05) is 0 Å². The molecule has 2 unspecified atom stereocenters. The second-order valence-electron chi connectivity index (χ2n) is 7.99. The van der Waals surface area contributed by atoms with Crippen LogP contribution in [0.1, 0.15) is 65.1 Å². The molecule has 31 heavy (non-hydrogen) atoms. The van der Waals surface area contributed by atoms with Crippen LogP contribution >= 0.6 is 0 Å². The number of hydrogen-bond acceptors (Lipinski definition) is 4. The van der Waals surface area contributed by atoms with Gasteiger partial charge >= 0.3 is 5.97 Å². The minimum absolute atomic E-state index is 0.00229. The number of allylic oxidation sites excluding steroid dienone is 5. The fourth-order valence-electron chi connectivity index (χ4n) is 3.94. The number of halogens is 1. The molecule has 0 bridgehead atoms. The first kappa shape index (κ1) is 24.5. The molecular weight excluding hydrogens is 399 g/mol. The Morgan fingerprint density at radius 2 is 1.97 bits per heavy atom. The van der Waals surface area contributed by atoms with E-state index in [4.69, 9.17) is 0 Å². The molecule has 0 fully saturated rings. The van der Waals surface area contributed by atoms with Crippen LogP contribution < -0.4 is 5.56 Å². The van der Waals surface area contributed by atoms with Crippen LogP contribution in [0, 0.1) is 11.8 Å². The molecule has 0 saturated heterocycles. The molecule has 1 aromatic rings. The third kappa shape index (κ3) is 4.77. The van der Waals surface area contributed by atoms with E-state index in [1.807, 2.05) is 20.8 Å². The smallest absolute Gasteiger partial charge is 0.340 e. The molecule has 3 atom stereocenters. The lowest BCUT2D eigenvalue weighted by Gasteiger charge is -2.28. The molecule has 0 aliphatic heterocycles. The number of aliphatic imine (C=N–C) groups is 1. The standard InChI is InChI=1S/C24H31FN2O4/c1-7-13(4)22(27-19-12-18(25)14(5)17(8-2)15(19)6)20-10-16(11-21(28)26-20)24(31,9-3)23(29)30/h10-12,15,17,31H,4,7-9H2,1-3,5-6H3,(H,26,28)(H,29,30)/t15?,17?,24-/m0/s1. The molecule has 3 N–H and O–H groups in total. The van der Waals surface area contributed by atoms with Crippen molar-refractivity contribution in [1.82, 2.24) is 4.98 Å². The third-order valence-corrected chi connectivity index (χ3v) is 6.16. The zero-order valence-electron chi connectivity index (χ0n) is 18.8. The van der Waals surface area contributed by atoms with E-state index in [2.05, 4.69) is 16.6 Å². The highest BCUT2D eigenvalue weighted by Gasteiger charge is 2.37. The van der Waals surface area contributed by atoms with Crippen LogP contribution in [-0.4, -0.2) is 26.9 Å². The minimum Gasteiger partial charge on any atom is -0.479 e. The first-order valence-electron chi connectivity index (χ1n) is 10.6. The molecule has 2 rings (SSSR count). The summed E-state index contributed by atoms with van der Waals surface area (Å²) in [5.41, 5.74) is -0.451. The molecule has 0 amide bonds. The van der Waals surface area contributed by atoms with Gasteiger partial charge in [-0.2, -0.15) is 0 Å². The highest BCUT2D eigenvalue weighted by molar-refractivity contribution is 6.11. The predicted octanol–water partition coefficient (Wildman–Crippen LogP) is 4.62. The normalized spacial score (nSPS) is 21.5. The van der Waals surface area contributed by atoms with E-state index in [0.29, 0.717) is 29.0 Å². The van der Waals surface area contributed by atoms with E-state index in [0.717, 1.165) is 12.5 Å². The van der Waals surface area contributed by atoms with Crippen molar-refractivity contribution in [1.29, 1.82) is 0 Å². The van der Waals surface area contributed by atoms with Crippen LogP contribution in [0.25, 0.3) is 0 Å². The van der Waals surface area contributed by atoms with E-state index < -0.39 is 17.1 Å². The Morgan fingerprint density at radius 3 is 2.48 bits per heavy atom. The number of aliphatic carboxylic acids is 1. The van der Waals surface area contributed by atoms with Gasteiger partial charge in [0.25, 0.3) is 0 Å². The predicted molar refractivity (Wildman–Crippen MR) is 120 cm³/mol. The van der Waals surface area contributed by atoms with Gasteiger partial charge in [0.2, 0.25) is 5.56 Å². The molecule has 6 nitrogen and oxygen atoms in total. The molecule has 1 heterocycles. The number of H-pyrrole nitrogens is 1. The molecule has 0 radical (unpaired) electrons. The van der Waals surface area contributed by atoms with E-state index in [9.17, 15) is 24.2 Å². The second-order valence-corrected chi connectivity index (χ2v) is 7.99. The molecule has 0 aromatic carbocycles. The summed E-state index contributed by atoms with van der Waals surface area (Å²) in [6, 6.07) is 2.47. The first-order valence-corrected chi connectivity index (χ1v) is 10.6. The summed E-state index contributed by atoms with van der Waals surface area (Å²) in [6.45, 7) is 13.2. The molecule has 168 valence electrons. The van der Waals surface area contributed by atoms with Gasteiger partial charge in [-0.1, -0.05) is 34.3 Å². The number of carboxylic acid groups (broad SMARTS) is 1. The summed E-state index contributed by atoms with van der Waals surface area (Å²) in [6.07, 6.45) is 2.54. The molecular formula is C24H31FN2O4. The highest BCUT2D eigenvalue weighted by atomic mass is 19.1. The SMILES string of the molecule is C=C(CC)C(=NC1=CC(F)=C(C)C(CC)C1C)c1cc([C@@](O)(CC)C(=O)O)cc(=O)[nH]1. The van der Waals surface area contributed by atoms with Crippen LogP contribution in [0.5, 0.6) is 0 Å². The topological polar surface area (TPSA) is 103 Å². The maximum atomic E-state index is 14.5. The van der Waals surface area contributed by atoms with Crippen molar-refractivity contribution < 1.29 is 19.4 Å². The molecule has 1 aliphatic rings.